The second-order valence-electron chi connectivity index (χ2n) is 7.69. The maximum Gasteiger partial charge on any atom is 0.252 e. The molecule has 1 amide bonds. The minimum Gasteiger partial charge on any atom is -0.348 e. The summed E-state index contributed by atoms with van der Waals surface area (Å²) in [6, 6.07) is 25.5. The quantitative estimate of drug-likeness (QED) is 0.655. The maximum atomic E-state index is 12.9. The van der Waals surface area contributed by atoms with Gasteiger partial charge in [-0.2, -0.15) is 5.26 Å². The molecule has 4 nitrogen and oxygen atoms in total. The van der Waals surface area contributed by atoms with Crippen LogP contribution in [0.15, 0.2) is 72.8 Å². The first-order valence-electron chi connectivity index (χ1n) is 10.4. The van der Waals surface area contributed by atoms with Crippen LogP contribution in [0.5, 0.6) is 0 Å². The molecule has 0 unspecified atom stereocenters. The topological polar surface area (TPSA) is 56.1 Å². The number of nitriles is 1. The van der Waals surface area contributed by atoms with Crippen LogP contribution in [0, 0.1) is 11.3 Å². The summed E-state index contributed by atoms with van der Waals surface area (Å²) in [7, 11) is 0. The van der Waals surface area contributed by atoms with Crippen LogP contribution < -0.4 is 5.32 Å². The van der Waals surface area contributed by atoms with Gasteiger partial charge in [-0.25, -0.2) is 0 Å². The third-order valence-electron chi connectivity index (χ3n) is 5.59. The number of amides is 1. The molecule has 3 aromatic rings. The highest BCUT2D eigenvalue weighted by Crippen LogP contribution is 2.27. The molecule has 1 aliphatic heterocycles. The van der Waals surface area contributed by atoms with E-state index < -0.39 is 0 Å². The Hall–Kier alpha value is -3.42. The van der Waals surface area contributed by atoms with Gasteiger partial charge in [0.05, 0.1) is 11.6 Å². The summed E-state index contributed by atoms with van der Waals surface area (Å²) < 4.78 is 0. The second kappa shape index (κ2) is 9.39. The fraction of sp³-hybridized carbons (Fsp3) is 0.231. The minimum atomic E-state index is -0.139. The zero-order chi connectivity index (χ0) is 20.8. The molecule has 4 heteroatoms. The molecule has 0 radical (unpaired) electrons. The van der Waals surface area contributed by atoms with Crippen molar-refractivity contribution in [2.75, 3.05) is 13.1 Å². The summed E-state index contributed by atoms with van der Waals surface area (Å²) >= 11 is 0. The minimum absolute atomic E-state index is 0.139. The van der Waals surface area contributed by atoms with Gasteiger partial charge in [-0.1, -0.05) is 60.7 Å². The van der Waals surface area contributed by atoms with Crippen LogP contribution in [0.4, 0.5) is 0 Å². The van der Waals surface area contributed by atoms with Gasteiger partial charge in [0.1, 0.15) is 0 Å². The lowest BCUT2D eigenvalue weighted by Gasteiger charge is -2.15. The summed E-state index contributed by atoms with van der Waals surface area (Å²) in [6.45, 7) is 3.84. The van der Waals surface area contributed by atoms with Gasteiger partial charge in [-0.3, -0.25) is 9.69 Å². The lowest BCUT2D eigenvalue weighted by Crippen LogP contribution is -2.23. The van der Waals surface area contributed by atoms with E-state index in [2.05, 4.69) is 40.6 Å². The monoisotopic (exact) mass is 395 g/mol. The van der Waals surface area contributed by atoms with Gasteiger partial charge in [-0.15, -0.1) is 0 Å². The smallest absolute Gasteiger partial charge is 0.252 e. The molecule has 30 heavy (non-hydrogen) atoms. The summed E-state index contributed by atoms with van der Waals surface area (Å²) in [5.41, 5.74) is 5.07. The number of nitrogens with zero attached hydrogens (tertiary/aromatic N) is 2. The van der Waals surface area contributed by atoms with Gasteiger partial charge in [0, 0.05) is 24.2 Å². The summed E-state index contributed by atoms with van der Waals surface area (Å²) in [6.07, 6.45) is 2.59. The van der Waals surface area contributed by atoms with Crippen LogP contribution in [0.3, 0.4) is 0 Å². The number of carbonyl (C=O) groups excluding carboxylic acids is 1. The van der Waals surface area contributed by atoms with E-state index >= 15 is 0 Å². The van der Waals surface area contributed by atoms with E-state index in [1.807, 2.05) is 36.4 Å². The highest BCUT2D eigenvalue weighted by atomic mass is 16.1. The first kappa shape index (κ1) is 19.9. The molecule has 0 atom stereocenters. The van der Waals surface area contributed by atoms with E-state index in [-0.39, 0.29) is 5.91 Å². The molecular weight excluding hydrogens is 370 g/mol. The predicted octanol–water partition coefficient (Wildman–Crippen LogP) is 4.75. The van der Waals surface area contributed by atoms with Gasteiger partial charge in [0.2, 0.25) is 0 Å². The van der Waals surface area contributed by atoms with Crippen molar-refractivity contribution in [3.63, 3.8) is 0 Å². The zero-order valence-corrected chi connectivity index (χ0v) is 17.0. The first-order valence-corrected chi connectivity index (χ1v) is 10.4. The second-order valence-corrected chi connectivity index (χ2v) is 7.69. The molecule has 0 aromatic heterocycles. The number of likely N-dealkylation sites (tertiary alicyclic amines) is 1. The van der Waals surface area contributed by atoms with E-state index in [1.165, 1.54) is 31.5 Å². The lowest BCUT2D eigenvalue weighted by atomic mass is 9.95. The van der Waals surface area contributed by atoms with Crippen LogP contribution in [0.1, 0.15) is 39.9 Å². The van der Waals surface area contributed by atoms with Crippen LogP contribution in [0.25, 0.3) is 11.1 Å². The Kier molecular flexibility index (Phi) is 6.22. The van der Waals surface area contributed by atoms with Gasteiger partial charge in [0.15, 0.2) is 0 Å². The molecule has 4 rings (SSSR count). The Balaban J connectivity index is 1.44. The number of hydrogen-bond donors (Lipinski definition) is 1. The molecule has 1 N–H and O–H groups in total. The SMILES string of the molecule is N#Cc1ccccc1-c1ccccc1C(=O)NCc1ccc(CN2CCCC2)cc1. The molecule has 0 saturated carbocycles. The number of rotatable bonds is 6. The summed E-state index contributed by atoms with van der Waals surface area (Å²) in [5.74, 6) is -0.139. The highest BCUT2D eigenvalue weighted by Gasteiger charge is 2.15. The molecular formula is C26H25N3O. The number of hydrogen-bond acceptors (Lipinski definition) is 3. The molecule has 0 bridgehead atoms. The molecule has 1 saturated heterocycles. The van der Waals surface area contributed by atoms with Gasteiger partial charge < -0.3 is 5.32 Å². The van der Waals surface area contributed by atoms with E-state index in [0.29, 0.717) is 17.7 Å². The van der Waals surface area contributed by atoms with Crippen molar-refractivity contribution in [2.45, 2.75) is 25.9 Å². The zero-order valence-electron chi connectivity index (χ0n) is 17.0. The van der Waals surface area contributed by atoms with Crippen molar-refractivity contribution < 1.29 is 4.79 Å². The molecule has 0 aliphatic carbocycles. The van der Waals surface area contributed by atoms with Gasteiger partial charge in [0.25, 0.3) is 5.91 Å². The fourth-order valence-electron chi connectivity index (χ4n) is 3.97. The van der Waals surface area contributed by atoms with Crippen LogP contribution in [-0.2, 0) is 13.1 Å². The Bertz CT molecular complexity index is 1060. The van der Waals surface area contributed by atoms with Gasteiger partial charge >= 0.3 is 0 Å². The van der Waals surface area contributed by atoms with Crippen molar-refractivity contribution >= 4 is 5.91 Å². The Morgan fingerprint density at radius 1 is 0.867 bits per heavy atom. The van der Waals surface area contributed by atoms with E-state index in [0.717, 1.165) is 23.2 Å². The third kappa shape index (κ3) is 4.59. The van der Waals surface area contributed by atoms with Crippen LogP contribution in [0.2, 0.25) is 0 Å². The van der Waals surface area contributed by atoms with Crippen molar-refractivity contribution in [3.05, 3.63) is 95.1 Å². The van der Waals surface area contributed by atoms with Crippen LogP contribution >= 0.6 is 0 Å². The highest BCUT2D eigenvalue weighted by molar-refractivity contribution is 6.01. The molecule has 1 heterocycles. The third-order valence-corrected chi connectivity index (χ3v) is 5.59. The lowest BCUT2D eigenvalue weighted by molar-refractivity contribution is 0.0951. The average Bonchev–Trinajstić information content (AvgIpc) is 3.31. The Morgan fingerprint density at radius 3 is 2.23 bits per heavy atom. The molecule has 1 aliphatic rings. The van der Waals surface area contributed by atoms with E-state index in [9.17, 15) is 10.1 Å². The number of benzene rings is 3. The molecule has 0 spiro atoms. The largest absolute Gasteiger partial charge is 0.348 e. The normalized spacial score (nSPS) is 13.7. The fourth-order valence-corrected chi connectivity index (χ4v) is 3.97. The van der Waals surface area contributed by atoms with Crippen molar-refractivity contribution in [1.82, 2.24) is 10.2 Å². The van der Waals surface area contributed by atoms with E-state index in [1.54, 1.807) is 12.1 Å². The molecule has 150 valence electrons. The standard InChI is InChI=1S/C26H25N3O/c27-17-22-7-1-2-8-23(22)24-9-3-4-10-25(24)26(30)28-18-20-11-13-21(14-12-20)19-29-15-5-6-16-29/h1-4,7-14H,5-6,15-16,18-19H2,(H,28,30). The van der Waals surface area contributed by atoms with Crippen molar-refractivity contribution in [1.29, 1.82) is 5.26 Å². The first-order chi connectivity index (χ1) is 14.7. The number of nitrogens with one attached hydrogen (secondary N) is 1. The van der Waals surface area contributed by atoms with Crippen molar-refractivity contribution in [2.24, 2.45) is 0 Å². The Morgan fingerprint density at radius 2 is 1.50 bits per heavy atom. The Labute approximate surface area is 177 Å². The van der Waals surface area contributed by atoms with Crippen molar-refractivity contribution in [3.8, 4) is 17.2 Å². The van der Waals surface area contributed by atoms with Crippen LogP contribution in [-0.4, -0.2) is 23.9 Å². The summed E-state index contributed by atoms with van der Waals surface area (Å²) in [5, 5.41) is 12.4. The number of carbonyl (C=O) groups is 1. The summed E-state index contributed by atoms with van der Waals surface area (Å²) in [4.78, 5) is 15.4. The van der Waals surface area contributed by atoms with E-state index in [4.69, 9.17) is 0 Å². The predicted molar refractivity (Wildman–Crippen MR) is 119 cm³/mol. The average molecular weight is 396 g/mol. The molecule has 3 aromatic carbocycles. The maximum absolute atomic E-state index is 12.9. The molecule has 1 fully saturated rings. The van der Waals surface area contributed by atoms with Gasteiger partial charge in [-0.05, 0) is 54.8 Å².